The fourth-order valence-electron chi connectivity index (χ4n) is 4.41. The molecule has 0 radical (unpaired) electrons. The van der Waals surface area contributed by atoms with E-state index in [9.17, 15) is 0 Å². The van der Waals surface area contributed by atoms with Crippen LogP contribution in [0.25, 0.3) is 0 Å². The Morgan fingerprint density at radius 2 is 1.85 bits per heavy atom. The predicted molar refractivity (Wildman–Crippen MR) is 87.8 cm³/mol. The standard InChI is InChI=1S/C18H36N2/c1-3-6-16-8-9-18(19)17(13-16)14-20-11-5-7-15(4-2)10-12-20/h15-18H,3-14,19H2,1-2H3. The molecule has 4 atom stereocenters. The lowest BCUT2D eigenvalue weighted by molar-refractivity contribution is 0.153. The smallest absolute Gasteiger partial charge is 0.00795 e. The van der Waals surface area contributed by atoms with E-state index in [0.717, 1.165) is 17.8 Å². The van der Waals surface area contributed by atoms with Gasteiger partial charge in [0.1, 0.15) is 0 Å². The normalized spacial score (nSPS) is 36.8. The summed E-state index contributed by atoms with van der Waals surface area (Å²) < 4.78 is 0. The molecular weight excluding hydrogens is 244 g/mol. The number of hydrogen-bond acceptors (Lipinski definition) is 2. The fraction of sp³-hybridized carbons (Fsp3) is 1.00. The molecule has 0 aromatic heterocycles. The zero-order chi connectivity index (χ0) is 14.4. The van der Waals surface area contributed by atoms with E-state index in [-0.39, 0.29) is 0 Å². The van der Waals surface area contributed by atoms with Crippen molar-refractivity contribution in [3.05, 3.63) is 0 Å². The maximum absolute atomic E-state index is 6.42. The fourth-order valence-corrected chi connectivity index (χ4v) is 4.41. The highest BCUT2D eigenvalue weighted by Gasteiger charge is 2.29. The maximum Gasteiger partial charge on any atom is 0.00795 e. The number of nitrogens with zero attached hydrogens (tertiary/aromatic N) is 1. The maximum atomic E-state index is 6.42. The average Bonchev–Trinajstić information content (AvgIpc) is 2.68. The largest absolute Gasteiger partial charge is 0.327 e. The summed E-state index contributed by atoms with van der Waals surface area (Å²) in [5, 5.41) is 0. The molecule has 1 aliphatic heterocycles. The molecule has 20 heavy (non-hydrogen) atoms. The lowest BCUT2D eigenvalue weighted by Gasteiger charge is -2.37. The van der Waals surface area contributed by atoms with Crippen molar-refractivity contribution in [3.8, 4) is 0 Å². The molecule has 0 spiro atoms. The molecule has 2 aliphatic rings. The van der Waals surface area contributed by atoms with Gasteiger partial charge in [0.25, 0.3) is 0 Å². The van der Waals surface area contributed by atoms with Crippen LogP contribution in [0.2, 0.25) is 0 Å². The Balaban J connectivity index is 1.81. The molecule has 4 unspecified atom stereocenters. The number of hydrogen-bond donors (Lipinski definition) is 1. The van der Waals surface area contributed by atoms with Gasteiger partial charge in [-0.15, -0.1) is 0 Å². The van der Waals surface area contributed by atoms with Crippen molar-refractivity contribution in [2.24, 2.45) is 23.5 Å². The molecular formula is C18H36N2. The van der Waals surface area contributed by atoms with E-state index < -0.39 is 0 Å². The minimum atomic E-state index is 0.466. The van der Waals surface area contributed by atoms with E-state index in [1.54, 1.807) is 0 Å². The van der Waals surface area contributed by atoms with Crippen molar-refractivity contribution >= 4 is 0 Å². The van der Waals surface area contributed by atoms with E-state index in [2.05, 4.69) is 18.7 Å². The van der Waals surface area contributed by atoms with Crippen molar-refractivity contribution in [1.29, 1.82) is 0 Å². The molecule has 1 saturated heterocycles. The number of rotatable bonds is 5. The molecule has 2 rings (SSSR count). The summed E-state index contributed by atoms with van der Waals surface area (Å²) in [6.07, 6.45) is 12.4. The Labute approximate surface area is 126 Å². The quantitative estimate of drug-likeness (QED) is 0.823. The summed E-state index contributed by atoms with van der Waals surface area (Å²) >= 11 is 0. The number of likely N-dealkylation sites (tertiary alicyclic amines) is 1. The Morgan fingerprint density at radius 1 is 1.00 bits per heavy atom. The van der Waals surface area contributed by atoms with Crippen molar-refractivity contribution in [2.45, 2.75) is 77.7 Å². The van der Waals surface area contributed by atoms with E-state index >= 15 is 0 Å². The van der Waals surface area contributed by atoms with Crippen LogP contribution in [-0.2, 0) is 0 Å². The molecule has 1 heterocycles. The van der Waals surface area contributed by atoms with E-state index in [1.165, 1.54) is 77.4 Å². The van der Waals surface area contributed by atoms with Crippen LogP contribution in [0, 0.1) is 17.8 Å². The van der Waals surface area contributed by atoms with Crippen LogP contribution >= 0.6 is 0 Å². The molecule has 2 heteroatoms. The second-order valence-corrected chi connectivity index (χ2v) is 7.40. The highest BCUT2D eigenvalue weighted by Crippen LogP contribution is 2.32. The van der Waals surface area contributed by atoms with Gasteiger partial charge in [0.05, 0.1) is 0 Å². The molecule has 118 valence electrons. The summed E-state index contributed by atoms with van der Waals surface area (Å²) in [6.45, 7) is 8.59. The van der Waals surface area contributed by atoms with Gasteiger partial charge in [0.2, 0.25) is 0 Å². The highest BCUT2D eigenvalue weighted by atomic mass is 15.1. The topological polar surface area (TPSA) is 29.3 Å². The Bertz CT molecular complexity index is 266. The van der Waals surface area contributed by atoms with Gasteiger partial charge in [-0.05, 0) is 69.4 Å². The Hall–Kier alpha value is -0.0800. The first kappa shape index (κ1) is 16.3. The van der Waals surface area contributed by atoms with Crippen LogP contribution in [0.15, 0.2) is 0 Å². The molecule has 2 nitrogen and oxygen atoms in total. The lowest BCUT2D eigenvalue weighted by Crippen LogP contribution is -2.43. The van der Waals surface area contributed by atoms with Gasteiger partial charge in [-0.25, -0.2) is 0 Å². The second-order valence-electron chi connectivity index (χ2n) is 7.40. The van der Waals surface area contributed by atoms with Crippen LogP contribution in [0.3, 0.4) is 0 Å². The van der Waals surface area contributed by atoms with Gasteiger partial charge in [-0.3, -0.25) is 0 Å². The van der Waals surface area contributed by atoms with E-state index in [4.69, 9.17) is 5.73 Å². The van der Waals surface area contributed by atoms with Crippen molar-refractivity contribution in [1.82, 2.24) is 4.90 Å². The third kappa shape index (κ3) is 4.73. The molecule has 2 N–H and O–H groups in total. The van der Waals surface area contributed by atoms with Crippen molar-refractivity contribution in [3.63, 3.8) is 0 Å². The zero-order valence-corrected chi connectivity index (χ0v) is 13.8. The first-order valence-electron chi connectivity index (χ1n) is 9.20. The first-order valence-corrected chi connectivity index (χ1v) is 9.20. The summed E-state index contributed by atoms with van der Waals surface area (Å²) in [6, 6.07) is 0.466. The van der Waals surface area contributed by atoms with Crippen LogP contribution < -0.4 is 5.73 Å². The van der Waals surface area contributed by atoms with Gasteiger partial charge in [-0.2, -0.15) is 0 Å². The Kier molecular flexibility index (Phi) is 6.83. The zero-order valence-electron chi connectivity index (χ0n) is 13.8. The molecule has 0 amide bonds. The van der Waals surface area contributed by atoms with Crippen molar-refractivity contribution < 1.29 is 0 Å². The van der Waals surface area contributed by atoms with E-state index in [1.807, 2.05) is 0 Å². The minimum Gasteiger partial charge on any atom is -0.327 e. The third-order valence-corrected chi connectivity index (χ3v) is 5.86. The van der Waals surface area contributed by atoms with Gasteiger partial charge in [0.15, 0.2) is 0 Å². The summed E-state index contributed by atoms with van der Waals surface area (Å²) in [4.78, 5) is 2.73. The molecule has 0 aromatic carbocycles. The van der Waals surface area contributed by atoms with Gasteiger partial charge < -0.3 is 10.6 Å². The second kappa shape index (κ2) is 8.38. The molecule has 0 aromatic rings. The van der Waals surface area contributed by atoms with Crippen LogP contribution in [0.4, 0.5) is 0 Å². The molecule has 1 aliphatic carbocycles. The van der Waals surface area contributed by atoms with Crippen LogP contribution in [0.5, 0.6) is 0 Å². The predicted octanol–water partition coefficient (Wildman–Crippen LogP) is 4.04. The van der Waals surface area contributed by atoms with Gasteiger partial charge in [-0.1, -0.05) is 33.1 Å². The third-order valence-electron chi connectivity index (χ3n) is 5.86. The van der Waals surface area contributed by atoms with Crippen LogP contribution in [-0.4, -0.2) is 30.6 Å². The SMILES string of the molecule is CCCC1CCC(N)C(CN2CCCC(CC)CC2)C1. The molecule has 2 fully saturated rings. The van der Waals surface area contributed by atoms with Crippen LogP contribution in [0.1, 0.15) is 71.6 Å². The van der Waals surface area contributed by atoms with Gasteiger partial charge >= 0.3 is 0 Å². The summed E-state index contributed by atoms with van der Waals surface area (Å²) in [7, 11) is 0. The van der Waals surface area contributed by atoms with E-state index in [0.29, 0.717) is 6.04 Å². The average molecular weight is 280 g/mol. The van der Waals surface area contributed by atoms with Gasteiger partial charge in [0, 0.05) is 12.6 Å². The summed E-state index contributed by atoms with van der Waals surface area (Å²) in [5.41, 5.74) is 6.42. The summed E-state index contributed by atoms with van der Waals surface area (Å²) in [5.74, 6) is 2.70. The highest BCUT2D eigenvalue weighted by molar-refractivity contribution is 4.85. The number of nitrogens with two attached hydrogens (primary N) is 1. The minimum absolute atomic E-state index is 0.466. The molecule has 1 saturated carbocycles. The molecule has 0 bridgehead atoms. The van der Waals surface area contributed by atoms with Crippen molar-refractivity contribution in [2.75, 3.05) is 19.6 Å². The monoisotopic (exact) mass is 280 g/mol. The lowest BCUT2D eigenvalue weighted by atomic mass is 9.76. The first-order chi connectivity index (χ1) is 9.72. The Morgan fingerprint density at radius 3 is 2.60 bits per heavy atom.